The largest absolute Gasteiger partial charge is 0.494 e. The van der Waals surface area contributed by atoms with Crippen molar-refractivity contribution in [1.29, 1.82) is 0 Å². The number of benzene rings is 2. The number of hydrogen-bond donors (Lipinski definition) is 2. The van der Waals surface area contributed by atoms with E-state index in [-0.39, 0.29) is 17.6 Å². The summed E-state index contributed by atoms with van der Waals surface area (Å²) in [6.45, 7) is 0.379. The number of anilines is 1. The lowest BCUT2D eigenvalue weighted by Gasteiger charge is -2.08. The molecule has 0 spiro atoms. The van der Waals surface area contributed by atoms with E-state index < -0.39 is 0 Å². The Labute approximate surface area is 146 Å². The second-order valence-electron chi connectivity index (χ2n) is 5.50. The second kappa shape index (κ2) is 9.42. The molecule has 0 saturated carbocycles. The van der Waals surface area contributed by atoms with Gasteiger partial charge < -0.3 is 15.4 Å². The Kier molecular flexibility index (Phi) is 6.95. The van der Waals surface area contributed by atoms with Crippen LogP contribution in [0.3, 0.4) is 0 Å². The Hall–Kier alpha value is -2.89. The predicted molar refractivity (Wildman–Crippen MR) is 94.0 cm³/mol. The minimum Gasteiger partial charge on any atom is -0.494 e. The zero-order valence-electron chi connectivity index (χ0n) is 14.0. The van der Waals surface area contributed by atoms with E-state index in [1.165, 1.54) is 12.1 Å². The van der Waals surface area contributed by atoms with E-state index in [1.807, 2.05) is 12.1 Å². The maximum atomic E-state index is 12.8. The van der Waals surface area contributed by atoms with Gasteiger partial charge in [-0.1, -0.05) is 12.1 Å². The molecule has 25 heavy (non-hydrogen) atoms. The van der Waals surface area contributed by atoms with Gasteiger partial charge in [-0.05, 0) is 48.4 Å². The first-order valence-corrected chi connectivity index (χ1v) is 8.04. The molecule has 2 aromatic carbocycles. The SMILES string of the molecule is CNC(=O)Cc1ccc(NC(=O)CCCOc2ccc(F)cc2)cc1. The van der Waals surface area contributed by atoms with Gasteiger partial charge in [0.05, 0.1) is 13.0 Å². The lowest BCUT2D eigenvalue weighted by atomic mass is 10.1. The molecule has 2 N–H and O–H groups in total. The fraction of sp³-hybridized carbons (Fsp3) is 0.263. The number of likely N-dealkylation sites (N-methyl/N-ethyl adjacent to an activating group) is 1. The third kappa shape index (κ3) is 6.63. The van der Waals surface area contributed by atoms with E-state index in [0.29, 0.717) is 37.3 Å². The smallest absolute Gasteiger partial charge is 0.224 e. The van der Waals surface area contributed by atoms with Crippen molar-refractivity contribution in [2.24, 2.45) is 0 Å². The van der Waals surface area contributed by atoms with E-state index in [1.54, 1.807) is 31.3 Å². The molecule has 0 saturated heterocycles. The summed E-state index contributed by atoms with van der Waals surface area (Å²) in [4.78, 5) is 23.2. The Morgan fingerprint density at radius 1 is 1.00 bits per heavy atom. The highest BCUT2D eigenvalue weighted by atomic mass is 19.1. The molecule has 0 radical (unpaired) electrons. The third-order valence-corrected chi connectivity index (χ3v) is 3.51. The molecule has 5 nitrogen and oxygen atoms in total. The quantitative estimate of drug-likeness (QED) is 0.724. The first-order chi connectivity index (χ1) is 12.1. The fourth-order valence-corrected chi connectivity index (χ4v) is 2.16. The monoisotopic (exact) mass is 344 g/mol. The molecule has 132 valence electrons. The van der Waals surface area contributed by atoms with Crippen molar-refractivity contribution in [1.82, 2.24) is 5.32 Å². The van der Waals surface area contributed by atoms with Gasteiger partial charge in [-0.25, -0.2) is 4.39 Å². The number of amides is 2. The summed E-state index contributed by atoms with van der Waals surface area (Å²) in [6.07, 6.45) is 1.19. The van der Waals surface area contributed by atoms with Crippen LogP contribution >= 0.6 is 0 Å². The van der Waals surface area contributed by atoms with E-state index >= 15 is 0 Å². The number of carbonyl (C=O) groups is 2. The zero-order valence-corrected chi connectivity index (χ0v) is 14.0. The highest BCUT2D eigenvalue weighted by molar-refractivity contribution is 5.90. The van der Waals surface area contributed by atoms with Crippen molar-refractivity contribution in [3.63, 3.8) is 0 Å². The van der Waals surface area contributed by atoms with E-state index in [0.717, 1.165) is 5.56 Å². The topological polar surface area (TPSA) is 67.4 Å². The average Bonchev–Trinajstić information content (AvgIpc) is 2.62. The van der Waals surface area contributed by atoms with Crippen LogP contribution in [0.4, 0.5) is 10.1 Å². The van der Waals surface area contributed by atoms with Crippen molar-refractivity contribution in [2.75, 3.05) is 19.0 Å². The standard InChI is InChI=1S/C19H21FN2O3/c1-21-19(24)13-14-4-8-16(9-5-14)22-18(23)3-2-12-25-17-10-6-15(20)7-11-17/h4-11H,2-3,12-13H2,1H3,(H,21,24)(H,22,23). The van der Waals surface area contributed by atoms with E-state index in [2.05, 4.69) is 10.6 Å². The number of ether oxygens (including phenoxy) is 1. The maximum absolute atomic E-state index is 12.8. The van der Waals surface area contributed by atoms with Crippen molar-refractivity contribution in [3.8, 4) is 5.75 Å². The minimum atomic E-state index is -0.312. The van der Waals surface area contributed by atoms with Crippen LogP contribution in [0.1, 0.15) is 18.4 Å². The summed E-state index contributed by atoms with van der Waals surface area (Å²) in [5, 5.41) is 5.36. The fourth-order valence-electron chi connectivity index (χ4n) is 2.16. The van der Waals surface area contributed by atoms with Crippen molar-refractivity contribution in [2.45, 2.75) is 19.3 Å². The first-order valence-electron chi connectivity index (χ1n) is 8.04. The molecule has 6 heteroatoms. The number of nitrogens with one attached hydrogen (secondary N) is 2. The molecule has 2 aromatic rings. The van der Waals surface area contributed by atoms with Crippen LogP contribution in [-0.4, -0.2) is 25.5 Å². The highest BCUT2D eigenvalue weighted by Gasteiger charge is 2.04. The third-order valence-electron chi connectivity index (χ3n) is 3.51. The molecule has 0 aliphatic rings. The average molecular weight is 344 g/mol. The molecule has 2 rings (SSSR count). The minimum absolute atomic E-state index is 0.0575. The molecule has 0 fully saturated rings. The van der Waals surface area contributed by atoms with Crippen molar-refractivity contribution in [3.05, 3.63) is 59.9 Å². The summed E-state index contributed by atoms with van der Waals surface area (Å²) in [6, 6.07) is 12.9. The zero-order chi connectivity index (χ0) is 18.1. The van der Waals surface area contributed by atoms with Gasteiger partial charge >= 0.3 is 0 Å². The Bertz CT molecular complexity index is 700. The summed E-state index contributed by atoms with van der Waals surface area (Å²) >= 11 is 0. The molecule has 0 bridgehead atoms. The van der Waals surface area contributed by atoms with Crippen LogP contribution in [0.2, 0.25) is 0 Å². The molecule has 2 amide bonds. The van der Waals surface area contributed by atoms with Crippen LogP contribution in [0.25, 0.3) is 0 Å². The highest BCUT2D eigenvalue weighted by Crippen LogP contribution is 2.13. The lowest BCUT2D eigenvalue weighted by molar-refractivity contribution is -0.120. The Balaban J connectivity index is 1.69. The van der Waals surface area contributed by atoms with Crippen molar-refractivity contribution < 1.29 is 18.7 Å². The van der Waals surface area contributed by atoms with Gasteiger partial charge in [0.1, 0.15) is 11.6 Å². The molecule has 0 heterocycles. The number of carbonyl (C=O) groups excluding carboxylic acids is 2. The summed E-state index contributed by atoms with van der Waals surface area (Å²) in [7, 11) is 1.59. The maximum Gasteiger partial charge on any atom is 0.224 e. The summed E-state index contributed by atoms with van der Waals surface area (Å²) < 4.78 is 18.2. The lowest BCUT2D eigenvalue weighted by Crippen LogP contribution is -2.19. The molecule has 0 aliphatic heterocycles. The van der Waals surface area contributed by atoms with Crippen LogP contribution in [0, 0.1) is 5.82 Å². The molecule has 0 aliphatic carbocycles. The molecular formula is C19H21FN2O3. The summed E-state index contributed by atoms with van der Waals surface area (Å²) in [5.41, 5.74) is 1.56. The van der Waals surface area contributed by atoms with Gasteiger partial charge in [-0.15, -0.1) is 0 Å². The molecule has 0 unspecified atom stereocenters. The number of hydrogen-bond acceptors (Lipinski definition) is 3. The van der Waals surface area contributed by atoms with Crippen molar-refractivity contribution >= 4 is 17.5 Å². The molecule has 0 aromatic heterocycles. The van der Waals surface area contributed by atoms with Gasteiger partial charge in [-0.2, -0.15) is 0 Å². The van der Waals surface area contributed by atoms with Crippen LogP contribution in [-0.2, 0) is 16.0 Å². The normalized spacial score (nSPS) is 10.2. The second-order valence-corrected chi connectivity index (χ2v) is 5.50. The van der Waals surface area contributed by atoms with Crippen LogP contribution in [0.5, 0.6) is 5.75 Å². The van der Waals surface area contributed by atoms with Gasteiger partial charge in [0, 0.05) is 19.2 Å². The first kappa shape index (κ1) is 18.4. The summed E-state index contributed by atoms with van der Waals surface area (Å²) in [5.74, 6) is 0.0984. The predicted octanol–water partition coefficient (Wildman–Crippen LogP) is 2.91. The Morgan fingerprint density at radius 3 is 2.32 bits per heavy atom. The van der Waals surface area contributed by atoms with E-state index in [9.17, 15) is 14.0 Å². The van der Waals surface area contributed by atoms with Crippen LogP contribution in [0.15, 0.2) is 48.5 Å². The van der Waals surface area contributed by atoms with E-state index in [4.69, 9.17) is 4.74 Å². The molecule has 0 atom stereocenters. The van der Waals surface area contributed by atoms with Crippen LogP contribution < -0.4 is 15.4 Å². The van der Waals surface area contributed by atoms with Gasteiger partial charge in [0.15, 0.2) is 0 Å². The number of rotatable bonds is 8. The van der Waals surface area contributed by atoms with Gasteiger partial charge in [0.25, 0.3) is 0 Å². The van der Waals surface area contributed by atoms with Gasteiger partial charge in [0.2, 0.25) is 11.8 Å². The van der Waals surface area contributed by atoms with Gasteiger partial charge in [-0.3, -0.25) is 9.59 Å². The Morgan fingerprint density at radius 2 is 1.68 bits per heavy atom. The number of halogens is 1. The molecular weight excluding hydrogens is 323 g/mol.